The molecule has 150 valence electrons. The number of phenolic OH excluding ortho intramolecular Hbond substituents is 1. The fraction of sp³-hybridized carbons (Fsp3) is 0.273. The van der Waals surface area contributed by atoms with E-state index in [2.05, 4.69) is 27.3 Å². The highest BCUT2D eigenvalue weighted by Gasteiger charge is 2.21. The number of amides is 1. The molecule has 0 spiro atoms. The van der Waals surface area contributed by atoms with Crippen molar-refractivity contribution < 1.29 is 19.1 Å². The normalized spacial score (nSPS) is 13.3. The number of oxazole rings is 1. The zero-order chi connectivity index (χ0) is 20.4. The van der Waals surface area contributed by atoms with Crippen LogP contribution < -0.4 is 10.1 Å². The summed E-state index contributed by atoms with van der Waals surface area (Å²) in [6, 6.07) is 13.2. The molecule has 2 heterocycles. The highest BCUT2D eigenvalue weighted by molar-refractivity contribution is 5.78. The minimum absolute atomic E-state index is 0.0481. The standard InChI is InChI=1S/C22H23N3O4/c1-14-18(24-22(29-14)15-7-8-19(26)20(9-15)28-2)10-23-21(27)13-25-11-16-5-3-4-6-17(16)12-25/h3-9,26H,10-13H2,1-2H3,(H,23,27). The largest absolute Gasteiger partial charge is 0.504 e. The molecule has 1 aliphatic rings. The molecule has 0 bridgehead atoms. The molecule has 7 heteroatoms. The third-order valence-corrected chi connectivity index (χ3v) is 5.05. The van der Waals surface area contributed by atoms with Gasteiger partial charge in [0.15, 0.2) is 11.5 Å². The Hall–Kier alpha value is -3.32. The van der Waals surface area contributed by atoms with Gasteiger partial charge in [0.05, 0.1) is 20.2 Å². The summed E-state index contributed by atoms with van der Waals surface area (Å²) in [7, 11) is 1.49. The second kappa shape index (κ2) is 7.97. The third kappa shape index (κ3) is 4.09. The number of fused-ring (bicyclic) bond motifs is 1. The van der Waals surface area contributed by atoms with Gasteiger partial charge in [-0.15, -0.1) is 0 Å². The van der Waals surface area contributed by atoms with Crippen molar-refractivity contribution >= 4 is 5.91 Å². The molecule has 0 unspecified atom stereocenters. The van der Waals surface area contributed by atoms with Crippen LogP contribution in [0.3, 0.4) is 0 Å². The number of hydrogen-bond donors (Lipinski definition) is 2. The minimum atomic E-state index is -0.0481. The van der Waals surface area contributed by atoms with Crippen molar-refractivity contribution in [2.45, 2.75) is 26.6 Å². The first-order chi connectivity index (χ1) is 14.0. The van der Waals surface area contributed by atoms with E-state index in [0.717, 1.165) is 13.1 Å². The monoisotopic (exact) mass is 393 g/mol. The lowest BCUT2D eigenvalue weighted by molar-refractivity contribution is -0.122. The second-order valence-electron chi connectivity index (χ2n) is 7.10. The van der Waals surface area contributed by atoms with Gasteiger partial charge in [0.2, 0.25) is 11.8 Å². The molecule has 0 saturated carbocycles. The summed E-state index contributed by atoms with van der Waals surface area (Å²) in [6.45, 7) is 4.03. The van der Waals surface area contributed by atoms with Gasteiger partial charge in [-0.1, -0.05) is 24.3 Å². The minimum Gasteiger partial charge on any atom is -0.504 e. The number of carbonyl (C=O) groups excluding carboxylic acids is 1. The molecule has 2 N–H and O–H groups in total. The molecule has 2 aromatic carbocycles. The van der Waals surface area contributed by atoms with Crippen LogP contribution in [0.15, 0.2) is 46.9 Å². The molecule has 0 saturated heterocycles. The number of aromatic nitrogens is 1. The summed E-state index contributed by atoms with van der Waals surface area (Å²) >= 11 is 0. The number of aromatic hydroxyl groups is 1. The highest BCUT2D eigenvalue weighted by Crippen LogP contribution is 2.31. The fourth-order valence-corrected chi connectivity index (χ4v) is 3.48. The van der Waals surface area contributed by atoms with E-state index in [1.165, 1.54) is 24.3 Å². The van der Waals surface area contributed by atoms with Crippen molar-refractivity contribution in [3.8, 4) is 23.0 Å². The highest BCUT2D eigenvalue weighted by atomic mass is 16.5. The summed E-state index contributed by atoms with van der Waals surface area (Å²) in [5.41, 5.74) is 3.92. The number of ether oxygens (including phenoxy) is 1. The van der Waals surface area contributed by atoms with Crippen LogP contribution in [-0.4, -0.2) is 34.6 Å². The topological polar surface area (TPSA) is 87.8 Å². The number of nitrogens with one attached hydrogen (secondary N) is 1. The Balaban J connectivity index is 1.36. The molecule has 0 aliphatic carbocycles. The Bertz CT molecular complexity index is 1020. The van der Waals surface area contributed by atoms with Crippen molar-refractivity contribution in [2.75, 3.05) is 13.7 Å². The van der Waals surface area contributed by atoms with E-state index in [1.54, 1.807) is 12.1 Å². The molecule has 1 amide bonds. The van der Waals surface area contributed by atoms with Gasteiger partial charge in [-0.2, -0.15) is 0 Å². The smallest absolute Gasteiger partial charge is 0.234 e. The van der Waals surface area contributed by atoms with Crippen LogP contribution in [0.1, 0.15) is 22.6 Å². The Labute approximate surface area is 168 Å². The van der Waals surface area contributed by atoms with Crippen molar-refractivity contribution in [3.63, 3.8) is 0 Å². The fourth-order valence-electron chi connectivity index (χ4n) is 3.48. The molecule has 3 aromatic rings. The van der Waals surface area contributed by atoms with E-state index < -0.39 is 0 Å². The van der Waals surface area contributed by atoms with Gasteiger partial charge in [0.1, 0.15) is 11.5 Å². The zero-order valence-corrected chi connectivity index (χ0v) is 16.4. The predicted molar refractivity (Wildman–Crippen MR) is 107 cm³/mol. The maximum absolute atomic E-state index is 12.4. The second-order valence-corrected chi connectivity index (χ2v) is 7.10. The first kappa shape index (κ1) is 19.0. The Kier molecular flexibility index (Phi) is 5.22. The zero-order valence-electron chi connectivity index (χ0n) is 16.4. The van der Waals surface area contributed by atoms with Gasteiger partial charge in [0.25, 0.3) is 0 Å². The number of methoxy groups -OCH3 is 1. The number of hydrogen-bond acceptors (Lipinski definition) is 6. The van der Waals surface area contributed by atoms with Crippen molar-refractivity contribution in [1.29, 1.82) is 0 Å². The molecule has 1 aromatic heterocycles. The van der Waals surface area contributed by atoms with Gasteiger partial charge in [-0.3, -0.25) is 9.69 Å². The summed E-state index contributed by atoms with van der Waals surface area (Å²) in [5.74, 6) is 1.41. The van der Waals surface area contributed by atoms with E-state index in [0.29, 0.717) is 41.7 Å². The Morgan fingerprint density at radius 3 is 2.66 bits per heavy atom. The van der Waals surface area contributed by atoms with Crippen LogP contribution in [0.5, 0.6) is 11.5 Å². The maximum atomic E-state index is 12.4. The Morgan fingerprint density at radius 1 is 1.24 bits per heavy atom. The van der Waals surface area contributed by atoms with Crippen molar-refractivity contribution in [3.05, 3.63) is 65.0 Å². The van der Waals surface area contributed by atoms with E-state index in [-0.39, 0.29) is 11.7 Å². The molecular formula is C22H23N3O4. The average Bonchev–Trinajstić information content (AvgIpc) is 3.29. The molecule has 0 radical (unpaired) electrons. The van der Waals surface area contributed by atoms with Crippen LogP contribution in [-0.2, 0) is 24.4 Å². The van der Waals surface area contributed by atoms with Crippen LogP contribution in [0, 0.1) is 6.92 Å². The van der Waals surface area contributed by atoms with E-state index in [1.807, 2.05) is 19.1 Å². The van der Waals surface area contributed by atoms with Crippen LogP contribution in [0.2, 0.25) is 0 Å². The molecule has 0 atom stereocenters. The third-order valence-electron chi connectivity index (χ3n) is 5.05. The maximum Gasteiger partial charge on any atom is 0.234 e. The summed E-state index contributed by atoms with van der Waals surface area (Å²) in [4.78, 5) is 19.0. The number of rotatable bonds is 6. The SMILES string of the molecule is COc1cc(-c2nc(CNC(=O)CN3Cc4ccccc4C3)c(C)o2)ccc1O. The number of benzene rings is 2. The van der Waals surface area contributed by atoms with Gasteiger partial charge in [0, 0.05) is 18.7 Å². The summed E-state index contributed by atoms with van der Waals surface area (Å²) in [6.07, 6.45) is 0. The summed E-state index contributed by atoms with van der Waals surface area (Å²) in [5, 5.41) is 12.7. The lowest BCUT2D eigenvalue weighted by Crippen LogP contribution is -2.34. The average molecular weight is 393 g/mol. The molecular weight excluding hydrogens is 370 g/mol. The molecule has 0 fully saturated rings. The van der Waals surface area contributed by atoms with E-state index in [4.69, 9.17) is 9.15 Å². The lowest BCUT2D eigenvalue weighted by Gasteiger charge is -2.14. The van der Waals surface area contributed by atoms with Gasteiger partial charge in [-0.05, 0) is 36.2 Å². The van der Waals surface area contributed by atoms with E-state index in [9.17, 15) is 9.90 Å². The summed E-state index contributed by atoms with van der Waals surface area (Å²) < 4.78 is 10.9. The number of carbonyl (C=O) groups is 1. The van der Waals surface area contributed by atoms with Crippen LogP contribution >= 0.6 is 0 Å². The van der Waals surface area contributed by atoms with Crippen LogP contribution in [0.25, 0.3) is 11.5 Å². The first-order valence-corrected chi connectivity index (χ1v) is 9.43. The number of nitrogens with zero attached hydrogens (tertiary/aromatic N) is 2. The van der Waals surface area contributed by atoms with Crippen molar-refractivity contribution in [2.24, 2.45) is 0 Å². The number of phenols is 1. The molecule has 7 nitrogen and oxygen atoms in total. The van der Waals surface area contributed by atoms with Crippen molar-refractivity contribution in [1.82, 2.24) is 15.2 Å². The van der Waals surface area contributed by atoms with Gasteiger partial charge < -0.3 is 19.6 Å². The van der Waals surface area contributed by atoms with Gasteiger partial charge >= 0.3 is 0 Å². The first-order valence-electron chi connectivity index (χ1n) is 9.43. The molecule has 29 heavy (non-hydrogen) atoms. The quantitative estimate of drug-likeness (QED) is 0.669. The molecule has 1 aliphatic heterocycles. The van der Waals surface area contributed by atoms with E-state index >= 15 is 0 Å². The number of aryl methyl sites for hydroxylation is 1. The molecule has 4 rings (SSSR count). The predicted octanol–water partition coefficient (Wildman–Crippen LogP) is 3.00. The lowest BCUT2D eigenvalue weighted by atomic mass is 10.1. The Morgan fingerprint density at radius 2 is 1.97 bits per heavy atom. The van der Waals surface area contributed by atoms with Gasteiger partial charge in [-0.25, -0.2) is 4.98 Å². The van der Waals surface area contributed by atoms with Crippen LogP contribution in [0.4, 0.5) is 0 Å².